The molecule has 116 valence electrons. The summed E-state index contributed by atoms with van der Waals surface area (Å²) in [6.45, 7) is 5.76. The lowest BCUT2D eigenvalue weighted by molar-refractivity contribution is 0.198. The molecule has 1 saturated heterocycles. The number of piperazine rings is 1. The van der Waals surface area contributed by atoms with Gasteiger partial charge in [0.1, 0.15) is 11.6 Å². The summed E-state index contributed by atoms with van der Waals surface area (Å²) < 4.78 is 13.0. The van der Waals surface area contributed by atoms with Gasteiger partial charge in [0, 0.05) is 32.2 Å². The van der Waals surface area contributed by atoms with Crippen LogP contribution in [0.2, 0.25) is 0 Å². The van der Waals surface area contributed by atoms with E-state index in [-0.39, 0.29) is 11.9 Å². The Kier molecular flexibility index (Phi) is 4.29. The van der Waals surface area contributed by atoms with Crippen LogP contribution in [0.5, 0.6) is 5.75 Å². The van der Waals surface area contributed by atoms with Gasteiger partial charge in [-0.2, -0.15) is 0 Å². The van der Waals surface area contributed by atoms with E-state index in [1.807, 2.05) is 30.3 Å². The molecule has 0 radical (unpaired) electrons. The van der Waals surface area contributed by atoms with Gasteiger partial charge in [-0.25, -0.2) is 4.39 Å². The van der Waals surface area contributed by atoms with Gasteiger partial charge in [-0.15, -0.1) is 0 Å². The average molecular weight is 300 g/mol. The summed E-state index contributed by atoms with van der Waals surface area (Å²) in [5.41, 5.74) is 2.04. The second-order valence-corrected chi connectivity index (χ2v) is 5.74. The Morgan fingerprint density at radius 3 is 2.23 bits per heavy atom. The lowest BCUT2D eigenvalue weighted by Gasteiger charge is -2.39. The van der Waals surface area contributed by atoms with Gasteiger partial charge in [0.15, 0.2) is 0 Å². The molecule has 1 N–H and O–H groups in total. The minimum Gasteiger partial charge on any atom is -0.506 e. The number of rotatable bonds is 3. The Balaban J connectivity index is 1.64. The largest absolute Gasteiger partial charge is 0.506 e. The van der Waals surface area contributed by atoms with Crippen LogP contribution < -0.4 is 4.90 Å². The highest BCUT2D eigenvalue weighted by molar-refractivity contribution is 5.57. The number of hydrogen-bond acceptors (Lipinski definition) is 3. The van der Waals surface area contributed by atoms with Crippen LogP contribution in [0, 0.1) is 5.82 Å². The normalized spacial score (nSPS) is 17.5. The molecule has 0 spiro atoms. The summed E-state index contributed by atoms with van der Waals surface area (Å²) in [5.74, 6) is 0.142. The number of halogens is 1. The van der Waals surface area contributed by atoms with E-state index >= 15 is 0 Å². The molecule has 1 fully saturated rings. The van der Waals surface area contributed by atoms with Gasteiger partial charge in [-0.05, 0) is 36.8 Å². The van der Waals surface area contributed by atoms with Crippen molar-refractivity contribution in [3.8, 4) is 5.75 Å². The topological polar surface area (TPSA) is 26.7 Å². The zero-order chi connectivity index (χ0) is 15.5. The van der Waals surface area contributed by atoms with Gasteiger partial charge >= 0.3 is 0 Å². The number of aromatic hydroxyl groups is 1. The van der Waals surface area contributed by atoms with Gasteiger partial charge < -0.3 is 10.0 Å². The Morgan fingerprint density at radius 2 is 1.59 bits per heavy atom. The van der Waals surface area contributed by atoms with Crippen molar-refractivity contribution in [2.24, 2.45) is 0 Å². The van der Waals surface area contributed by atoms with Crippen LogP contribution in [-0.4, -0.2) is 36.2 Å². The van der Waals surface area contributed by atoms with E-state index in [1.54, 1.807) is 6.07 Å². The molecule has 4 heteroatoms. The molecule has 1 aliphatic heterocycles. The standard InChI is InChI=1S/C18H21FN2O/c1-14(15-6-8-16(19)9-7-15)20-10-12-21(13-11-20)17-4-2-3-5-18(17)22/h2-9,14,22H,10-13H2,1H3. The van der Waals surface area contributed by atoms with Crippen LogP contribution in [0.25, 0.3) is 0 Å². The molecule has 2 aromatic carbocycles. The molecule has 1 heterocycles. The van der Waals surface area contributed by atoms with Crippen molar-refractivity contribution >= 4 is 5.69 Å². The zero-order valence-electron chi connectivity index (χ0n) is 12.7. The Bertz CT molecular complexity index is 621. The first-order chi connectivity index (χ1) is 10.6. The third kappa shape index (κ3) is 3.07. The molecule has 3 rings (SSSR count). The van der Waals surface area contributed by atoms with E-state index < -0.39 is 0 Å². The number of phenols is 1. The molecule has 0 aliphatic carbocycles. The van der Waals surface area contributed by atoms with Crippen LogP contribution in [-0.2, 0) is 0 Å². The van der Waals surface area contributed by atoms with Crippen LogP contribution in [0.4, 0.5) is 10.1 Å². The number of benzene rings is 2. The van der Waals surface area contributed by atoms with Crippen LogP contribution in [0.1, 0.15) is 18.5 Å². The smallest absolute Gasteiger partial charge is 0.138 e. The molecule has 0 saturated carbocycles. The number of phenolic OH excluding ortho intramolecular Hbond substituents is 1. The molecule has 3 nitrogen and oxygen atoms in total. The predicted octanol–water partition coefficient (Wildman–Crippen LogP) is 3.41. The molecule has 0 amide bonds. The van der Waals surface area contributed by atoms with Gasteiger partial charge in [0.05, 0.1) is 5.69 Å². The summed E-state index contributed by atoms with van der Waals surface area (Å²) in [4.78, 5) is 4.60. The van der Waals surface area contributed by atoms with Crippen molar-refractivity contribution in [1.29, 1.82) is 0 Å². The first kappa shape index (κ1) is 14.9. The Hall–Kier alpha value is -2.07. The maximum Gasteiger partial charge on any atom is 0.138 e. The van der Waals surface area contributed by atoms with Gasteiger partial charge in [-0.1, -0.05) is 24.3 Å². The number of hydrogen-bond donors (Lipinski definition) is 1. The fourth-order valence-corrected chi connectivity index (χ4v) is 3.03. The van der Waals surface area contributed by atoms with Crippen LogP contribution in [0.3, 0.4) is 0 Å². The summed E-state index contributed by atoms with van der Waals surface area (Å²) in [6, 6.07) is 14.5. The van der Waals surface area contributed by atoms with E-state index in [4.69, 9.17) is 0 Å². The van der Waals surface area contributed by atoms with Crippen molar-refractivity contribution in [2.75, 3.05) is 31.1 Å². The van der Waals surface area contributed by atoms with E-state index in [0.29, 0.717) is 5.75 Å². The number of anilines is 1. The predicted molar refractivity (Wildman–Crippen MR) is 86.7 cm³/mol. The van der Waals surface area contributed by atoms with E-state index in [0.717, 1.165) is 37.4 Å². The monoisotopic (exact) mass is 300 g/mol. The first-order valence-electron chi connectivity index (χ1n) is 7.67. The van der Waals surface area contributed by atoms with Crippen molar-refractivity contribution in [2.45, 2.75) is 13.0 Å². The van der Waals surface area contributed by atoms with E-state index in [2.05, 4.69) is 16.7 Å². The SMILES string of the molecule is CC(c1ccc(F)cc1)N1CCN(c2ccccc2O)CC1. The maximum absolute atomic E-state index is 13.0. The molecular weight excluding hydrogens is 279 g/mol. The number of nitrogens with zero attached hydrogens (tertiary/aromatic N) is 2. The highest BCUT2D eigenvalue weighted by atomic mass is 19.1. The second kappa shape index (κ2) is 6.36. The number of para-hydroxylation sites is 2. The molecule has 1 unspecified atom stereocenters. The van der Waals surface area contributed by atoms with Crippen molar-refractivity contribution in [1.82, 2.24) is 4.90 Å². The van der Waals surface area contributed by atoms with E-state index in [1.165, 1.54) is 12.1 Å². The summed E-state index contributed by atoms with van der Waals surface area (Å²) in [6.07, 6.45) is 0. The third-order valence-corrected chi connectivity index (χ3v) is 4.44. The molecule has 1 aliphatic rings. The van der Waals surface area contributed by atoms with Crippen molar-refractivity contribution < 1.29 is 9.50 Å². The highest BCUT2D eigenvalue weighted by Crippen LogP contribution is 2.29. The van der Waals surface area contributed by atoms with Crippen LogP contribution in [0.15, 0.2) is 48.5 Å². The quantitative estimate of drug-likeness (QED) is 0.941. The van der Waals surface area contributed by atoms with Crippen molar-refractivity contribution in [3.05, 3.63) is 59.9 Å². The molecule has 0 aromatic heterocycles. The fraction of sp³-hybridized carbons (Fsp3) is 0.333. The Labute approximate surface area is 130 Å². The minimum absolute atomic E-state index is 0.194. The highest BCUT2D eigenvalue weighted by Gasteiger charge is 2.23. The summed E-state index contributed by atoms with van der Waals surface area (Å²) >= 11 is 0. The lowest BCUT2D eigenvalue weighted by Crippen LogP contribution is -2.47. The summed E-state index contributed by atoms with van der Waals surface area (Å²) in [7, 11) is 0. The van der Waals surface area contributed by atoms with Gasteiger partial charge in [-0.3, -0.25) is 4.90 Å². The van der Waals surface area contributed by atoms with Gasteiger partial charge in [0.25, 0.3) is 0 Å². The Morgan fingerprint density at radius 1 is 0.955 bits per heavy atom. The molecule has 22 heavy (non-hydrogen) atoms. The first-order valence-corrected chi connectivity index (χ1v) is 7.67. The summed E-state index contributed by atoms with van der Waals surface area (Å²) in [5, 5.41) is 9.95. The fourth-order valence-electron chi connectivity index (χ4n) is 3.03. The molecule has 1 atom stereocenters. The van der Waals surface area contributed by atoms with E-state index in [9.17, 15) is 9.50 Å². The molecular formula is C18H21FN2O. The molecule has 2 aromatic rings. The third-order valence-electron chi connectivity index (χ3n) is 4.44. The second-order valence-electron chi connectivity index (χ2n) is 5.74. The van der Waals surface area contributed by atoms with Crippen LogP contribution >= 0.6 is 0 Å². The maximum atomic E-state index is 13.0. The van der Waals surface area contributed by atoms with Crippen molar-refractivity contribution in [3.63, 3.8) is 0 Å². The zero-order valence-corrected chi connectivity index (χ0v) is 12.7. The molecule has 0 bridgehead atoms. The minimum atomic E-state index is -0.194. The average Bonchev–Trinajstić information content (AvgIpc) is 2.56. The lowest BCUT2D eigenvalue weighted by atomic mass is 10.1. The van der Waals surface area contributed by atoms with Gasteiger partial charge in [0.2, 0.25) is 0 Å².